The largest absolute Gasteiger partial charge is 0.411 e. The van der Waals surface area contributed by atoms with Gasteiger partial charge in [0.1, 0.15) is 17.5 Å². The van der Waals surface area contributed by atoms with Gasteiger partial charge in [0.25, 0.3) is 0 Å². The Morgan fingerprint density at radius 1 is 1.54 bits per heavy atom. The van der Waals surface area contributed by atoms with Crippen LogP contribution in [-0.2, 0) is 0 Å². The second kappa shape index (κ2) is 4.03. The molecule has 0 heterocycles. The van der Waals surface area contributed by atoms with Gasteiger partial charge in [-0.1, -0.05) is 10.3 Å². The maximum absolute atomic E-state index is 10.1. The van der Waals surface area contributed by atoms with Crippen molar-refractivity contribution in [2.75, 3.05) is 0 Å². The summed E-state index contributed by atoms with van der Waals surface area (Å²) in [5, 5.41) is 20.9. The smallest absolute Gasteiger partial charge is 0.161 e. The van der Waals surface area contributed by atoms with Crippen LogP contribution in [0, 0.1) is 10.3 Å². The van der Waals surface area contributed by atoms with Crippen LogP contribution in [0.1, 0.15) is 6.92 Å². The number of hydrogen-bond acceptors (Lipinski definition) is 8. The molecule has 0 aromatic heterocycles. The third kappa shape index (κ3) is 2.86. The number of oxime groups is 1. The standard InChI is InChI=1S/C5H12N6O2/c1-2(10-12)3(11-13)4(6)5(7,8)9/h2,6,13H,7-9H2,1H3. The van der Waals surface area contributed by atoms with Crippen LogP contribution >= 0.6 is 0 Å². The van der Waals surface area contributed by atoms with E-state index in [1.807, 2.05) is 0 Å². The van der Waals surface area contributed by atoms with Crippen molar-refractivity contribution in [3.05, 3.63) is 4.91 Å². The summed E-state index contributed by atoms with van der Waals surface area (Å²) in [6.45, 7) is 1.32. The van der Waals surface area contributed by atoms with Crippen molar-refractivity contribution in [2.24, 2.45) is 27.5 Å². The molecule has 0 saturated heterocycles. The van der Waals surface area contributed by atoms with Gasteiger partial charge in [-0.3, -0.25) is 22.6 Å². The van der Waals surface area contributed by atoms with Gasteiger partial charge in [0.05, 0.1) is 0 Å². The zero-order chi connectivity index (χ0) is 10.6. The first-order valence-electron chi connectivity index (χ1n) is 3.35. The Labute approximate surface area is 74.2 Å². The minimum atomic E-state index is -1.94. The average Bonchev–Trinajstić information content (AvgIpc) is 2.03. The predicted octanol–water partition coefficient (Wildman–Crippen LogP) is -1.48. The normalized spacial score (nSPS) is 15.2. The first kappa shape index (κ1) is 11.6. The molecule has 74 valence electrons. The highest BCUT2D eigenvalue weighted by Crippen LogP contribution is 1.98. The van der Waals surface area contributed by atoms with Gasteiger partial charge < -0.3 is 5.21 Å². The number of nitrogens with zero attached hydrogens (tertiary/aromatic N) is 2. The lowest BCUT2D eigenvalue weighted by atomic mass is 10.0. The molecule has 8 heteroatoms. The van der Waals surface area contributed by atoms with Gasteiger partial charge in [-0.05, 0) is 6.92 Å². The van der Waals surface area contributed by atoms with Crippen molar-refractivity contribution in [3.63, 3.8) is 0 Å². The second-order valence-electron chi connectivity index (χ2n) is 2.57. The Bertz CT molecular complexity index is 242. The summed E-state index contributed by atoms with van der Waals surface area (Å²) in [6, 6.07) is -1.02. The molecular weight excluding hydrogens is 176 g/mol. The predicted molar refractivity (Wildman–Crippen MR) is 47.5 cm³/mol. The van der Waals surface area contributed by atoms with E-state index in [4.69, 9.17) is 27.8 Å². The summed E-state index contributed by atoms with van der Waals surface area (Å²) in [4.78, 5) is 10.1. The minimum absolute atomic E-state index is 0.345. The minimum Gasteiger partial charge on any atom is -0.411 e. The van der Waals surface area contributed by atoms with Crippen LogP contribution in [-0.4, -0.2) is 28.5 Å². The van der Waals surface area contributed by atoms with Crippen molar-refractivity contribution in [2.45, 2.75) is 18.8 Å². The molecule has 0 aromatic carbocycles. The molecule has 8 N–H and O–H groups in total. The first-order valence-corrected chi connectivity index (χ1v) is 3.35. The van der Waals surface area contributed by atoms with E-state index in [2.05, 4.69) is 10.3 Å². The summed E-state index contributed by atoms with van der Waals surface area (Å²) in [5.41, 5.74) is 14.5. The molecule has 0 aliphatic carbocycles. The van der Waals surface area contributed by atoms with Gasteiger partial charge in [-0.2, -0.15) is 4.91 Å². The summed E-state index contributed by atoms with van der Waals surface area (Å²) < 4.78 is 0. The van der Waals surface area contributed by atoms with Crippen molar-refractivity contribution in [1.82, 2.24) is 0 Å². The highest BCUT2D eigenvalue weighted by Gasteiger charge is 2.28. The van der Waals surface area contributed by atoms with E-state index in [1.165, 1.54) is 6.92 Å². The molecule has 8 nitrogen and oxygen atoms in total. The lowest BCUT2D eigenvalue weighted by Crippen LogP contribution is -2.66. The Morgan fingerprint density at radius 3 is 2.23 bits per heavy atom. The monoisotopic (exact) mass is 188 g/mol. The Kier molecular flexibility index (Phi) is 3.60. The fourth-order valence-electron chi connectivity index (χ4n) is 0.614. The average molecular weight is 188 g/mol. The van der Waals surface area contributed by atoms with Crippen LogP contribution in [0.5, 0.6) is 0 Å². The van der Waals surface area contributed by atoms with E-state index < -0.39 is 17.5 Å². The van der Waals surface area contributed by atoms with Crippen LogP contribution in [0.4, 0.5) is 0 Å². The number of nitrogens with two attached hydrogens (primary N) is 3. The molecule has 0 bridgehead atoms. The zero-order valence-corrected chi connectivity index (χ0v) is 7.06. The lowest BCUT2D eigenvalue weighted by Gasteiger charge is -2.20. The van der Waals surface area contributed by atoms with E-state index in [0.717, 1.165) is 0 Å². The van der Waals surface area contributed by atoms with E-state index >= 15 is 0 Å². The molecule has 0 rings (SSSR count). The maximum Gasteiger partial charge on any atom is 0.161 e. The third-order valence-corrected chi connectivity index (χ3v) is 1.35. The molecule has 0 amide bonds. The topological polar surface area (TPSA) is 164 Å². The lowest BCUT2D eigenvalue weighted by molar-refractivity contribution is 0.318. The van der Waals surface area contributed by atoms with Crippen LogP contribution in [0.2, 0.25) is 0 Å². The van der Waals surface area contributed by atoms with Crippen LogP contribution < -0.4 is 17.2 Å². The molecule has 13 heavy (non-hydrogen) atoms. The van der Waals surface area contributed by atoms with Gasteiger partial charge in [-0.15, -0.1) is 0 Å². The number of hydrogen-bond donors (Lipinski definition) is 5. The van der Waals surface area contributed by atoms with Crippen LogP contribution in [0.15, 0.2) is 10.3 Å². The number of nitrogens with one attached hydrogen (secondary N) is 1. The summed E-state index contributed by atoms with van der Waals surface area (Å²) in [6.07, 6.45) is 0. The SMILES string of the molecule is CC(N=O)C(=NO)C(=N)C(N)(N)N. The van der Waals surface area contributed by atoms with E-state index in [9.17, 15) is 4.91 Å². The van der Waals surface area contributed by atoms with E-state index in [0.29, 0.717) is 0 Å². The van der Waals surface area contributed by atoms with Gasteiger partial charge in [0.15, 0.2) is 5.79 Å². The van der Waals surface area contributed by atoms with Gasteiger partial charge in [-0.25, -0.2) is 0 Å². The molecule has 0 aliphatic heterocycles. The highest BCUT2D eigenvalue weighted by atomic mass is 16.4. The van der Waals surface area contributed by atoms with E-state index in [1.54, 1.807) is 0 Å². The van der Waals surface area contributed by atoms with Crippen molar-refractivity contribution in [1.29, 1.82) is 5.41 Å². The van der Waals surface area contributed by atoms with Gasteiger partial charge >= 0.3 is 0 Å². The fourth-order valence-corrected chi connectivity index (χ4v) is 0.614. The summed E-state index contributed by atoms with van der Waals surface area (Å²) in [7, 11) is 0. The summed E-state index contributed by atoms with van der Waals surface area (Å²) in [5.74, 6) is -1.94. The molecule has 1 unspecified atom stereocenters. The molecule has 0 spiro atoms. The first-order chi connectivity index (χ1) is 5.84. The molecule has 0 saturated carbocycles. The Balaban J connectivity index is 4.83. The molecular formula is C5H12N6O2. The molecule has 0 fully saturated rings. The molecule has 0 radical (unpaired) electrons. The molecule has 0 aromatic rings. The Hall–Kier alpha value is -1.38. The van der Waals surface area contributed by atoms with Crippen LogP contribution in [0.25, 0.3) is 0 Å². The second-order valence-corrected chi connectivity index (χ2v) is 2.57. The van der Waals surface area contributed by atoms with Gasteiger partial charge in [0, 0.05) is 0 Å². The molecule has 0 aliphatic rings. The van der Waals surface area contributed by atoms with Crippen molar-refractivity contribution >= 4 is 11.4 Å². The van der Waals surface area contributed by atoms with Crippen LogP contribution in [0.3, 0.4) is 0 Å². The zero-order valence-electron chi connectivity index (χ0n) is 7.06. The number of nitroso groups, excluding NO2 is 1. The van der Waals surface area contributed by atoms with Gasteiger partial charge in [0.2, 0.25) is 0 Å². The Morgan fingerprint density at radius 2 is 2.00 bits per heavy atom. The third-order valence-electron chi connectivity index (χ3n) is 1.35. The van der Waals surface area contributed by atoms with Crippen molar-refractivity contribution in [3.8, 4) is 0 Å². The summed E-state index contributed by atoms with van der Waals surface area (Å²) >= 11 is 0. The maximum atomic E-state index is 10.1. The number of rotatable bonds is 4. The molecule has 1 atom stereocenters. The highest BCUT2D eigenvalue weighted by molar-refractivity contribution is 6.45. The van der Waals surface area contributed by atoms with E-state index in [-0.39, 0.29) is 5.71 Å². The quantitative estimate of drug-likeness (QED) is 0.119. The van der Waals surface area contributed by atoms with Crippen molar-refractivity contribution < 1.29 is 5.21 Å². The fraction of sp³-hybridized carbons (Fsp3) is 0.600.